The van der Waals surface area contributed by atoms with Gasteiger partial charge < -0.3 is 15.4 Å². The topological polar surface area (TPSA) is 55.6 Å². The number of anilines is 2. The average molecular weight is 280 g/mol. The highest BCUT2D eigenvalue weighted by atomic mass is 32.2. The molecule has 0 amide bonds. The average Bonchev–Trinajstić information content (AvgIpc) is 2.41. The second-order valence-electron chi connectivity index (χ2n) is 4.78. The highest BCUT2D eigenvalue weighted by Gasteiger charge is 2.26. The van der Waals surface area contributed by atoms with E-state index in [0.29, 0.717) is 22.5 Å². The van der Waals surface area contributed by atoms with Gasteiger partial charge in [0, 0.05) is 23.6 Å². The second kappa shape index (κ2) is 5.74. The first kappa shape index (κ1) is 14.1. The molecule has 0 saturated carbocycles. The van der Waals surface area contributed by atoms with Crippen molar-refractivity contribution in [2.45, 2.75) is 25.1 Å². The van der Waals surface area contributed by atoms with Crippen LogP contribution in [0.15, 0.2) is 18.2 Å². The standard InChI is InChI=1S/C14H20N2O2S/c1-9-10(2)19-7-6-16(9)13-5-4-11(8-12(13)15)14(17)18-3/h4-5,8-10H,6-7,15H2,1-3H3. The van der Waals surface area contributed by atoms with E-state index in [-0.39, 0.29) is 5.97 Å². The molecule has 1 aliphatic heterocycles. The minimum absolute atomic E-state index is 0.353. The van der Waals surface area contributed by atoms with Gasteiger partial charge in [-0.05, 0) is 25.1 Å². The van der Waals surface area contributed by atoms with Crippen molar-refractivity contribution in [3.05, 3.63) is 23.8 Å². The van der Waals surface area contributed by atoms with Crippen LogP contribution >= 0.6 is 11.8 Å². The smallest absolute Gasteiger partial charge is 0.337 e. The lowest BCUT2D eigenvalue weighted by atomic mass is 10.1. The summed E-state index contributed by atoms with van der Waals surface area (Å²) in [4.78, 5) is 13.8. The quantitative estimate of drug-likeness (QED) is 0.666. The second-order valence-corrected chi connectivity index (χ2v) is 6.26. The predicted molar refractivity (Wildman–Crippen MR) is 80.9 cm³/mol. The number of thioether (sulfide) groups is 1. The zero-order valence-electron chi connectivity index (χ0n) is 11.6. The minimum atomic E-state index is -0.353. The van der Waals surface area contributed by atoms with Gasteiger partial charge in [0.1, 0.15) is 0 Å². The highest BCUT2D eigenvalue weighted by Crippen LogP contribution is 2.32. The molecule has 0 aliphatic carbocycles. The van der Waals surface area contributed by atoms with Crippen LogP contribution in [0, 0.1) is 0 Å². The van der Waals surface area contributed by atoms with Gasteiger partial charge in [0.15, 0.2) is 0 Å². The van der Waals surface area contributed by atoms with Crippen LogP contribution in [0.3, 0.4) is 0 Å². The molecule has 1 saturated heterocycles. The molecule has 1 aromatic carbocycles. The molecule has 2 atom stereocenters. The molecule has 0 spiro atoms. The lowest BCUT2D eigenvalue weighted by Gasteiger charge is -2.39. The van der Waals surface area contributed by atoms with Gasteiger partial charge >= 0.3 is 5.97 Å². The van der Waals surface area contributed by atoms with Crippen LogP contribution < -0.4 is 10.6 Å². The summed E-state index contributed by atoms with van der Waals surface area (Å²) in [6.07, 6.45) is 0. The lowest BCUT2D eigenvalue weighted by molar-refractivity contribution is 0.0601. The Balaban J connectivity index is 2.28. The Morgan fingerprint density at radius 2 is 2.21 bits per heavy atom. The molecular formula is C14H20N2O2S. The van der Waals surface area contributed by atoms with Crippen molar-refractivity contribution < 1.29 is 9.53 Å². The number of benzene rings is 1. The van der Waals surface area contributed by atoms with Crippen molar-refractivity contribution in [1.29, 1.82) is 0 Å². The lowest BCUT2D eigenvalue weighted by Crippen LogP contribution is -2.45. The van der Waals surface area contributed by atoms with Crippen molar-refractivity contribution in [3.8, 4) is 0 Å². The molecule has 0 aromatic heterocycles. The molecule has 1 heterocycles. The molecule has 1 fully saturated rings. The van der Waals surface area contributed by atoms with Crippen molar-refractivity contribution in [2.75, 3.05) is 30.0 Å². The van der Waals surface area contributed by atoms with Crippen molar-refractivity contribution in [3.63, 3.8) is 0 Å². The molecule has 2 unspecified atom stereocenters. The van der Waals surface area contributed by atoms with E-state index in [0.717, 1.165) is 18.0 Å². The van der Waals surface area contributed by atoms with Gasteiger partial charge in [0.25, 0.3) is 0 Å². The van der Waals surface area contributed by atoms with Gasteiger partial charge in [-0.1, -0.05) is 6.92 Å². The number of methoxy groups -OCH3 is 1. The predicted octanol–water partition coefficient (Wildman–Crippen LogP) is 2.39. The third kappa shape index (κ3) is 2.81. The third-order valence-electron chi connectivity index (χ3n) is 3.64. The fourth-order valence-electron chi connectivity index (χ4n) is 2.33. The first-order chi connectivity index (χ1) is 9.04. The van der Waals surface area contributed by atoms with E-state index in [9.17, 15) is 4.79 Å². The van der Waals surface area contributed by atoms with Gasteiger partial charge in [0.2, 0.25) is 0 Å². The molecule has 0 radical (unpaired) electrons. The Bertz CT molecular complexity index is 479. The molecule has 4 nitrogen and oxygen atoms in total. The van der Waals surface area contributed by atoms with Crippen LogP contribution in [0.4, 0.5) is 11.4 Å². The summed E-state index contributed by atoms with van der Waals surface area (Å²) < 4.78 is 4.70. The van der Waals surface area contributed by atoms with Gasteiger partial charge in [-0.3, -0.25) is 0 Å². The van der Waals surface area contributed by atoms with E-state index >= 15 is 0 Å². The maximum atomic E-state index is 11.5. The maximum Gasteiger partial charge on any atom is 0.337 e. The van der Waals surface area contributed by atoms with E-state index in [1.165, 1.54) is 7.11 Å². The monoisotopic (exact) mass is 280 g/mol. The summed E-state index contributed by atoms with van der Waals surface area (Å²) in [5.74, 6) is 0.748. The number of hydrogen-bond donors (Lipinski definition) is 1. The molecule has 2 N–H and O–H groups in total. The maximum absolute atomic E-state index is 11.5. The first-order valence-corrected chi connectivity index (χ1v) is 7.45. The molecule has 1 aromatic rings. The third-order valence-corrected chi connectivity index (χ3v) is 4.98. The summed E-state index contributed by atoms with van der Waals surface area (Å²) in [7, 11) is 1.37. The van der Waals surface area contributed by atoms with Gasteiger partial charge in [-0.2, -0.15) is 11.8 Å². The Kier molecular flexibility index (Phi) is 4.24. The van der Waals surface area contributed by atoms with Crippen LogP contribution in [-0.2, 0) is 4.74 Å². The highest BCUT2D eigenvalue weighted by molar-refractivity contribution is 8.00. The van der Waals surface area contributed by atoms with Crippen LogP contribution in [0.25, 0.3) is 0 Å². The number of carbonyl (C=O) groups excluding carboxylic acids is 1. The van der Waals surface area contributed by atoms with Crippen molar-refractivity contribution in [1.82, 2.24) is 0 Å². The van der Waals surface area contributed by atoms with Crippen molar-refractivity contribution >= 4 is 29.1 Å². The Morgan fingerprint density at radius 1 is 1.47 bits per heavy atom. The SMILES string of the molecule is COC(=O)c1ccc(N2CCSC(C)C2C)c(N)c1. The Morgan fingerprint density at radius 3 is 2.84 bits per heavy atom. The largest absolute Gasteiger partial charge is 0.465 e. The number of ether oxygens (including phenoxy) is 1. The van der Waals surface area contributed by atoms with Crippen molar-refractivity contribution in [2.24, 2.45) is 0 Å². The van der Waals surface area contributed by atoms with Gasteiger partial charge in [0.05, 0.1) is 24.0 Å². The zero-order chi connectivity index (χ0) is 14.0. The first-order valence-electron chi connectivity index (χ1n) is 6.40. The summed E-state index contributed by atoms with van der Waals surface area (Å²) in [6, 6.07) is 5.82. The molecule has 0 bridgehead atoms. The Hall–Kier alpha value is -1.36. The summed E-state index contributed by atoms with van der Waals surface area (Å²) in [5, 5.41) is 0.577. The number of carbonyl (C=O) groups is 1. The van der Waals surface area contributed by atoms with E-state index in [1.54, 1.807) is 12.1 Å². The molecule has 5 heteroatoms. The fourth-order valence-corrected chi connectivity index (χ4v) is 3.43. The molecular weight excluding hydrogens is 260 g/mol. The number of nitrogens with zero attached hydrogens (tertiary/aromatic N) is 1. The van der Waals surface area contributed by atoms with Crippen LogP contribution in [-0.4, -0.2) is 36.7 Å². The molecule has 104 valence electrons. The normalized spacial score (nSPS) is 23.2. The number of rotatable bonds is 2. The van der Waals surface area contributed by atoms with Gasteiger partial charge in [-0.15, -0.1) is 0 Å². The number of hydrogen-bond acceptors (Lipinski definition) is 5. The van der Waals surface area contributed by atoms with Gasteiger partial charge in [-0.25, -0.2) is 4.79 Å². The molecule has 1 aliphatic rings. The van der Waals surface area contributed by atoms with Crippen LogP contribution in [0.2, 0.25) is 0 Å². The fraction of sp³-hybridized carbons (Fsp3) is 0.500. The summed E-state index contributed by atoms with van der Waals surface area (Å²) in [5.41, 5.74) is 8.23. The summed E-state index contributed by atoms with van der Waals surface area (Å²) in [6.45, 7) is 5.43. The molecule has 19 heavy (non-hydrogen) atoms. The number of nitrogen functional groups attached to an aromatic ring is 1. The van der Waals surface area contributed by atoms with E-state index in [4.69, 9.17) is 10.5 Å². The number of esters is 1. The minimum Gasteiger partial charge on any atom is -0.465 e. The summed E-state index contributed by atoms with van der Waals surface area (Å²) >= 11 is 1.99. The Labute approximate surface area is 118 Å². The van der Waals surface area contributed by atoms with E-state index in [1.807, 2.05) is 17.8 Å². The van der Waals surface area contributed by atoms with Crippen LogP contribution in [0.5, 0.6) is 0 Å². The molecule has 2 rings (SSSR count). The van der Waals surface area contributed by atoms with Crippen LogP contribution in [0.1, 0.15) is 24.2 Å². The zero-order valence-corrected chi connectivity index (χ0v) is 12.4. The van der Waals surface area contributed by atoms with E-state index in [2.05, 4.69) is 18.7 Å². The van der Waals surface area contributed by atoms with E-state index < -0.39 is 0 Å². The number of nitrogens with two attached hydrogens (primary N) is 1.